The van der Waals surface area contributed by atoms with Gasteiger partial charge in [0.25, 0.3) is 5.89 Å². The van der Waals surface area contributed by atoms with Crippen molar-refractivity contribution in [2.24, 2.45) is 5.92 Å². The molecule has 0 spiro atoms. The van der Waals surface area contributed by atoms with Crippen molar-refractivity contribution in [3.63, 3.8) is 0 Å². The number of aromatic nitrogens is 1. The Morgan fingerprint density at radius 2 is 2.19 bits per heavy atom. The van der Waals surface area contributed by atoms with Crippen LogP contribution in [0.1, 0.15) is 47.5 Å². The zero-order valence-corrected chi connectivity index (χ0v) is 15.1. The number of benzene rings is 1. The van der Waals surface area contributed by atoms with Crippen molar-refractivity contribution in [3.8, 4) is 0 Å². The van der Waals surface area contributed by atoms with Crippen LogP contribution in [0.15, 0.2) is 28.7 Å². The molecule has 1 amide bonds. The molecule has 1 aromatic heterocycles. The van der Waals surface area contributed by atoms with Gasteiger partial charge in [-0.25, -0.2) is 9.37 Å². The monoisotopic (exact) mass is 357 g/mol. The second-order valence-electron chi connectivity index (χ2n) is 7.44. The van der Waals surface area contributed by atoms with Crippen LogP contribution < -0.4 is 0 Å². The molecule has 0 aliphatic carbocycles. The fourth-order valence-electron chi connectivity index (χ4n) is 3.86. The summed E-state index contributed by atoms with van der Waals surface area (Å²) < 4.78 is 19.7. The molecule has 0 saturated carbocycles. The Bertz CT molecular complexity index is 804. The van der Waals surface area contributed by atoms with E-state index in [1.54, 1.807) is 12.1 Å². The number of halogens is 1. The maximum atomic E-state index is 13.9. The van der Waals surface area contributed by atoms with Crippen LogP contribution in [0, 0.1) is 11.7 Å². The minimum atomic E-state index is -0.187. The van der Waals surface area contributed by atoms with Crippen LogP contribution in [0.4, 0.5) is 4.39 Å². The second-order valence-corrected chi connectivity index (χ2v) is 7.44. The predicted molar refractivity (Wildman–Crippen MR) is 95.0 cm³/mol. The third-order valence-electron chi connectivity index (χ3n) is 5.29. The summed E-state index contributed by atoms with van der Waals surface area (Å²) in [5.74, 6) is 1.23. The summed E-state index contributed by atoms with van der Waals surface area (Å²) in [5.41, 5.74) is 1.49. The summed E-state index contributed by atoms with van der Waals surface area (Å²) in [7, 11) is 0. The average molecular weight is 357 g/mol. The van der Waals surface area contributed by atoms with Crippen LogP contribution in [0.5, 0.6) is 0 Å². The normalized spacial score (nSPS) is 20.8. The van der Waals surface area contributed by atoms with E-state index in [1.165, 1.54) is 6.07 Å². The van der Waals surface area contributed by atoms with Gasteiger partial charge in [0.1, 0.15) is 11.6 Å². The van der Waals surface area contributed by atoms with E-state index in [9.17, 15) is 9.18 Å². The lowest BCUT2D eigenvalue weighted by atomic mass is 10.0. The first-order chi connectivity index (χ1) is 12.6. The Morgan fingerprint density at radius 3 is 3.00 bits per heavy atom. The molecule has 3 heterocycles. The van der Waals surface area contributed by atoms with Gasteiger partial charge in [-0.15, -0.1) is 0 Å². The lowest BCUT2D eigenvalue weighted by Gasteiger charge is -2.29. The SMILES string of the molecule is C[C@@H]1CCCN(C(=O)c2nc3c(o2)CCN(Cc2ccccc2F)C3)C1. The number of amides is 1. The number of hydrogen-bond donors (Lipinski definition) is 0. The number of fused-ring (bicyclic) bond motifs is 1. The second kappa shape index (κ2) is 7.19. The molecule has 0 unspecified atom stereocenters. The molecule has 1 fully saturated rings. The molecule has 2 aliphatic heterocycles. The molecule has 4 rings (SSSR count). The minimum Gasteiger partial charge on any atom is -0.437 e. The molecule has 0 N–H and O–H groups in total. The summed E-state index contributed by atoms with van der Waals surface area (Å²) >= 11 is 0. The van der Waals surface area contributed by atoms with Crippen LogP contribution >= 0.6 is 0 Å². The van der Waals surface area contributed by atoms with Crippen LogP contribution in [0.25, 0.3) is 0 Å². The van der Waals surface area contributed by atoms with E-state index in [0.717, 1.165) is 43.9 Å². The molecule has 1 aromatic carbocycles. The molecule has 0 bridgehead atoms. The topological polar surface area (TPSA) is 49.6 Å². The lowest BCUT2D eigenvalue weighted by molar-refractivity contribution is 0.0640. The van der Waals surface area contributed by atoms with Gasteiger partial charge in [-0.2, -0.15) is 0 Å². The number of nitrogens with zero attached hydrogens (tertiary/aromatic N) is 3. The van der Waals surface area contributed by atoms with Crippen molar-refractivity contribution in [2.45, 2.75) is 39.3 Å². The number of hydrogen-bond acceptors (Lipinski definition) is 4. The van der Waals surface area contributed by atoms with Gasteiger partial charge in [-0.3, -0.25) is 9.69 Å². The molecule has 2 aromatic rings. The van der Waals surface area contributed by atoms with Crippen molar-refractivity contribution in [1.82, 2.24) is 14.8 Å². The highest BCUT2D eigenvalue weighted by Gasteiger charge is 2.29. The van der Waals surface area contributed by atoms with Crippen LogP contribution in [-0.4, -0.2) is 40.3 Å². The highest BCUT2D eigenvalue weighted by Crippen LogP contribution is 2.24. The highest BCUT2D eigenvalue weighted by atomic mass is 19.1. The lowest BCUT2D eigenvalue weighted by Crippen LogP contribution is -2.39. The van der Waals surface area contributed by atoms with Crippen molar-refractivity contribution in [3.05, 3.63) is 53.0 Å². The van der Waals surface area contributed by atoms with Gasteiger partial charge in [0.15, 0.2) is 0 Å². The first-order valence-corrected chi connectivity index (χ1v) is 9.34. The summed E-state index contributed by atoms with van der Waals surface area (Å²) in [5, 5.41) is 0. The van der Waals surface area contributed by atoms with Crippen molar-refractivity contribution < 1.29 is 13.6 Å². The molecule has 26 heavy (non-hydrogen) atoms. The van der Waals surface area contributed by atoms with Gasteiger partial charge in [-0.05, 0) is 24.8 Å². The number of likely N-dealkylation sites (tertiary alicyclic amines) is 1. The minimum absolute atomic E-state index is 0.105. The quantitative estimate of drug-likeness (QED) is 0.846. The van der Waals surface area contributed by atoms with Crippen molar-refractivity contribution in [2.75, 3.05) is 19.6 Å². The van der Waals surface area contributed by atoms with Crippen LogP contribution in [0.2, 0.25) is 0 Å². The number of rotatable bonds is 3. The molecule has 6 heteroatoms. The molecule has 138 valence electrons. The Morgan fingerprint density at radius 1 is 1.35 bits per heavy atom. The van der Waals surface area contributed by atoms with Gasteiger partial charge in [0, 0.05) is 44.7 Å². The molecule has 1 atom stereocenters. The number of piperidine rings is 1. The Kier molecular flexibility index (Phi) is 4.76. The number of oxazole rings is 1. The maximum Gasteiger partial charge on any atom is 0.309 e. The van der Waals surface area contributed by atoms with Gasteiger partial charge < -0.3 is 9.32 Å². The van der Waals surface area contributed by atoms with E-state index in [4.69, 9.17) is 4.42 Å². The van der Waals surface area contributed by atoms with Crippen LogP contribution in [0.3, 0.4) is 0 Å². The molecule has 1 saturated heterocycles. The number of carbonyl (C=O) groups excluding carboxylic acids is 1. The van der Waals surface area contributed by atoms with Crippen molar-refractivity contribution in [1.29, 1.82) is 0 Å². The number of carbonyl (C=O) groups is 1. The van der Waals surface area contributed by atoms with E-state index >= 15 is 0 Å². The van der Waals surface area contributed by atoms with E-state index in [1.807, 2.05) is 11.0 Å². The summed E-state index contributed by atoms with van der Waals surface area (Å²) in [6.45, 7) is 5.59. The van der Waals surface area contributed by atoms with E-state index in [-0.39, 0.29) is 17.6 Å². The summed E-state index contributed by atoms with van der Waals surface area (Å²) in [6.07, 6.45) is 2.89. The fourth-order valence-corrected chi connectivity index (χ4v) is 3.86. The highest BCUT2D eigenvalue weighted by molar-refractivity contribution is 5.89. The summed E-state index contributed by atoms with van der Waals surface area (Å²) in [6, 6.07) is 6.84. The van der Waals surface area contributed by atoms with Gasteiger partial charge >= 0.3 is 5.91 Å². The Labute approximate surface area is 152 Å². The first kappa shape index (κ1) is 17.2. The third-order valence-corrected chi connectivity index (χ3v) is 5.29. The molecule has 2 aliphatic rings. The zero-order valence-electron chi connectivity index (χ0n) is 15.1. The molecule has 5 nitrogen and oxygen atoms in total. The first-order valence-electron chi connectivity index (χ1n) is 9.34. The standard InChI is InChI=1S/C20H24FN3O2/c1-14-5-4-9-24(11-14)20(25)19-22-17-13-23(10-8-18(17)26-19)12-15-6-2-3-7-16(15)21/h2-3,6-7,14H,4-5,8-13H2,1H3/t14-/m1/s1. The van der Waals surface area contributed by atoms with E-state index in [0.29, 0.717) is 31.0 Å². The Balaban J connectivity index is 1.45. The summed E-state index contributed by atoms with van der Waals surface area (Å²) in [4.78, 5) is 21.1. The molecule has 0 radical (unpaired) electrons. The van der Waals surface area contributed by atoms with Gasteiger partial charge in [0.05, 0.1) is 5.69 Å². The van der Waals surface area contributed by atoms with Crippen molar-refractivity contribution >= 4 is 5.91 Å². The smallest absolute Gasteiger partial charge is 0.309 e. The largest absolute Gasteiger partial charge is 0.437 e. The molecular formula is C20H24FN3O2. The average Bonchev–Trinajstić information content (AvgIpc) is 3.06. The third kappa shape index (κ3) is 3.51. The van der Waals surface area contributed by atoms with E-state index < -0.39 is 0 Å². The molecular weight excluding hydrogens is 333 g/mol. The van der Waals surface area contributed by atoms with Gasteiger partial charge in [-0.1, -0.05) is 25.1 Å². The van der Waals surface area contributed by atoms with Gasteiger partial charge in [0.2, 0.25) is 0 Å². The Hall–Kier alpha value is -2.21. The fraction of sp³-hybridized carbons (Fsp3) is 0.500. The zero-order chi connectivity index (χ0) is 18.1. The predicted octanol–water partition coefficient (Wildman–Crippen LogP) is 3.24. The van der Waals surface area contributed by atoms with E-state index in [2.05, 4.69) is 16.8 Å². The maximum absolute atomic E-state index is 13.9. The van der Waals surface area contributed by atoms with Crippen LogP contribution in [-0.2, 0) is 19.5 Å².